The summed E-state index contributed by atoms with van der Waals surface area (Å²) in [5, 5.41) is 0. The van der Waals surface area contributed by atoms with Gasteiger partial charge in [-0.3, -0.25) is 0 Å². The van der Waals surface area contributed by atoms with E-state index in [0.717, 1.165) is 12.8 Å². The first-order chi connectivity index (χ1) is 10.7. The summed E-state index contributed by atoms with van der Waals surface area (Å²) in [4.78, 5) is 12.7. The summed E-state index contributed by atoms with van der Waals surface area (Å²) < 4.78 is 10.3. The molecule has 0 bridgehead atoms. The Morgan fingerprint density at radius 3 is 1.73 bits per heavy atom. The van der Waals surface area contributed by atoms with Gasteiger partial charge in [0, 0.05) is 0 Å². The predicted octanol–water partition coefficient (Wildman–Crippen LogP) is 6.46. The SMILES string of the molecule is CCC[CH2][Sn]([CH2]CCC)([CH2]CCC)[O]C(=O)C1CCCCC1. The second kappa shape index (κ2) is 11.8. The molecule has 1 aliphatic carbocycles. The van der Waals surface area contributed by atoms with Crippen LogP contribution in [-0.2, 0) is 7.87 Å². The number of carbonyl (C=O) groups excluding carboxylic acids is 1. The van der Waals surface area contributed by atoms with Crippen molar-refractivity contribution in [3.05, 3.63) is 0 Å². The summed E-state index contributed by atoms with van der Waals surface area (Å²) in [5.41, 5.74) is 0. The molecule has 3 heteroatoms. The summed E-state index contributed by atoms with van der Waals surface area (Å²) in [7, 11) is 0. The van der Waals surface area contributed by atoms with Crippen molar-refractivity contribution in [2.24, 2.45) is 5.92 Å². The number of rotatable bonds is 11. The molecule has 1 rings (SSSR count). The summed E-state index contributed by atoms with van der Waals surface area (Å²) in [6.07, 6.45) is 13.4. The van der Waals surface area contributed by atoms with Crippen LogP contribution in [0.1, 0.15) is 91.4 Å². The van der Waals surface area contributed by atoms with Gasteiger partial charge in [-0.15, -0.1) is 0 Å². The zero-order valence-corrected chi connectivity index (χ0v) is 18.1. The normalized spacial score (nSPS) is 16.7. The third-order valence-electron chi connectivity index (χ3n) is 5.21. The molecule has 0 aromatic carbocycles. The quantitative estimate of drug-likeness (QED) is 0.361. The molecule has 2 nitrogen and oxygen atoms in total. The Labute approximate surface area is 143 Å². The maximum atomic E-state index is 12.7. The van der Waals surface area contributed by atoms with E-state index in [4.69, 9.17) is 3.07 Å². The first-order valence-corrected chi connectivity index (χ1v) is 17.1. The van der Waals surface area contributed by atoms with Crippen LogP contribution in [0.4, 0.5) is 0 Å². The second-order valence-electron chi connectivity index (χ2n) is 7.25. The summed E-state index contributed by atoms with van der Waals surface area (Å²) in [6.45, 7) is 6.79. The average Bonchev–Trinajstić information content (AvgIpc) is 2.56. The Bertz CT molecular complexity index is 276. The molecule has 0 heterocycles. The van der Waals surface area contributed by atoms with Gasteiger partial charge in [0.1, 0.15) is 0 Å². The van der Waals surface area contributed by atoms with Crippen molar-refractivity contribution in [3.8, 4) is 0 Å². The second-order valence-corrected chi connectivity index (χ2v) is 18.9. The van der Waals surface area contributed by atoms with Crippen molar-refractivity contribution in [3.63, 3.8) is 0 Å². The minimum absolute atomic E-state index is 0.207. The Balaban J connectivity index is 2.72. The summed E-state index contributed by atoms with van der Waals surface area (Å²) in [5.74, 6) is 0.438. The molecule has 0 aromatic rings. The van der Waals surface area contributed by atoms with Gasteiger partial charge in [-0.2, -0.15) is 0 Å². The first kappa shape index (κ1) is 20.3. The fourth-order valence-corrected chi connectivity index (χ4v) is 16.9. The van der Waals surface area contributed by atoms with Gasteiger partial charge < -0.3 is 0 Å². The predicted molar refractivity (Wildman–Crippen MR) is 97.6 cm³/mol. The van der Waals surface area contributed by atoms with Crippen LogP contribution in [0.15, 0.2) is 0 Å². The van der Waals surface area contributed by atoms with Crippen LogP contribution in [0.25, 0.3) is 0 Å². The summed E-state index contributed by atoms with van der Waals surface area (Å²) in [6, 6.07) is 0. The van der Waals surface area contributed by atoms with E-state index in [9.17, 15) is 4.79 Å². The van der Waals surface area contributed by atoms with Crippen LogP contribution in [0.2, 0.25) is 13.3 Å². The van der Waals surface area contributed by atoms with E-state index in [1.807, 2.05) is 0 Å². The molecule has 1 aliphatic rings. The molecule has 0 aromatic heterocycles. The van der Waals surface area contributed by atoms with Gasteiger partial charge in [0.15, 0.2) is 0 Å². The average molecular weight is 417 g/mol. The molecule has 0 atom stereocenters. The van der Waals surface area contributed by atoms with Crippen molar-refractivity contribution in [1.82, 2.24) is 0 Å². The topological polar surface area (TPSA) is 26.3 Å². The van der Waals surface area contributed by atoms with E-state index in [2.05, 4.69) is 20.8 Å². The monoisotopic (exact) mass is 418 g/mol. The van der Waals surface area contributed by atoms with E-state index >= 15 is 0 Å². The van der Waals surface area contributed by atoms with Gasteiger partial charge in [0.25, 0.3) is 0 Å². The van der Waals surface area contributed by atoms with Gasteiger partial charge in [-0.1, -0.05) is 0 Å². The molecule has 0 amide bonds. The maximum absolute atomic E-state index is 12.7. The Morgan fingerprint density at radius 2 is 1.32 bits per heavy atom. The third kappa shape index (κ3) is 7.23. The van der Waals surface area contributed by atoms with Crippen molar-refractivity contribution < 1.29 is 7.87 Å². The Hall–Kier alpha value is 0.269. The van der Waals surface area contributed by atoms with Crippen LogP contribution < -0.4 is 0 Å². The fraction of sp³-hybridized carbons (Fsp3) is 0.947. The molecular formula is C19H38O2Sn. The van der Waals surface area contributed by atoms with Crippen LogP contribution in [-0.4, -0.2) is 24.8 Å². The zero-order chi connectivity index (χ0) is 16.3. The molecule has 1 saturated carbocycles. The Morgan fingerprint density at radius 1 is 0.864 bits per heavy atom. The van der Waals surface area contributed by atoms with E-state index < -0.39 is 18.8 Å². The van der Waals surface area contributed by atoms with Gasteiger partial charge in [0.2, 0.25) is 0 Å². The van der Waals surface area contributed by atoms with Gasteiger partial charge in [-0.05, 0) is 0 Å². The molecule has 0 saturated heterocycles. The molecule has 130 valence electrons. The van der Waals surface area contributed by atoms with Crippen LogP contribution >= 0.6 is 0 Å². The number of hydrogen-bond donors (Lipinski definition) is 0. The molecule has 1 fully saturated rings. The molecule has 0 aliphatic heterocycles. The third-order valence-corrected chi connectivity index (χ3v) is 17.9. The molecular weight excluding hydrogens is 379 g/mol. The fourth-order valence-electron chi connectivity index (χ4n) is 3.66. The van der Waals surface area contributed by atoms with Crippen molar-refractivity contribution in [1.29, 1.82) is 0 Å². The molecule has 22 heavy (non-hydrogen) atoms. The first-order valence-electron chi connectivity index (χ1n) is 9.90. The van der Waals surface area contributed by atoms with Gasteiger partial charge in [-0.25, -0.2) is 0 Å². The van der Waals surface area contributed by atoms with Crippen molar-refractivity contribution >= 4 is 24.8 Å². The van der Waals surface area contributed by atoms with E-state index in [0.29, 0.717) is 0 Å². The summed E-state index contributed by atoms with van der Waals surface area (Å²) >= 11 is -2.72. The zero-order valence-electron chi connectivity index (χ0n) is 15.3. The van der Waals surface area contributed by atoms with E-state index in [1.54, 1.807) is 0 Å². The van der Waals surface area contributed by atoms with Crippen molar-refractivity contribution in [2.75, 3.05) is 0 Å². The molecule has 0 spiro atoms. The van der Waals surface area contributed by atoms with Crippen molar-refractivity contribution in [2.45, 2.75) is 105 Å². The van der Waals surface area contributed by atoms with E-state index in [1.165, 1.54) is 71.1 Å². The molecule has 0 N–H and O–H groups in total. The number of hydrogen-bond acceptors (Lipinski definition) is 2. The van der Waals surface area contributed by atoms with Gasteiger partial charge in [0.05, 0.1) is 0 Å². The van der Waals surface area contributed by atoms with E-state index in [-0.39, 0.29) is 11.9 Å². The molecule has 0 unspecified atom stereocenters. The molecule has 0 radical (unpaired) electrons. The number of unbranched alkanes of at least 4 members (excludes halogenated alkanes) is 3. The van der Waals surface area contributed by atoms with Gasteiger partial charge >= 0.3 is 143 Å². The van der Waals surface area contributed by atoms with Crippen LogP contribution in [0.3, 0.4) is 0 Å². The van der Waals surface area contributed by atoms with Crippen LogP contribution in [0.5, 0.6) is 0 Å². The minimum atomic E-state index is -2.72. The van der Waals surface area contributed by atoms with Crippen LogP contribution in [0, 0.1) is 5.92 Å². The standard InChI is InChI=1S/C7H12O2.3C4H9.Sn/c8-7(9)6-4-2-1-3-5-6;3*1-3-4-2;/h6H,1-5H2,(H,8,9);3*1,3-4H2,2H3;/q;;;;+1/p-1. The Kier molecular flexibility index (Phi) is 10.8. The number of carbonyl (C=O) groups is 1.